The van der Waals surface area contributed by atoms with Crippen molar-refractivity contribution in [1.29, 1.82) is 0 Å². The number of nitrogens with zero attached hydrogens (tertiary/aromatic N) is 2. The second kappa shape index (κ2) is 4.55. The van der Waals surface area contributed by atoms with E-state index in [0.29, 0.717) is 27.5 Å². The van der Waals surface area contributed by atoms with Gasteiger partial charge in [0.2, 0.25) is 5.88 Å². The van der Waals surface area contributed by atoms with E-state index in [0.717, 1.165) is 0 Å². The van der Waals surface area contributed by atoms with Crippen LogP contribution in [0, 0.1) is 0 Å². The van der Waals surface area contributed by atoms with Crippen LogP contribution in [-0.2, 0) is 0 Å². The second-order valence-electron chi connectivity index (χ2n) is 2.96. The zero-order valence-electron chi connectivity index (χ0n) is 8.02. The maximum atomic E-state index is 5.93. The number of hydrogen-bond acceptors (Lipinski definition) is 4. The third kappa shape index (κ3) is 2.53. The lowest BCUT2D eigenvalue weighted by molar-refractivity contribution is 0.460. The number of rotatable bonds is 2. The summed E-state index contributed by atoms with van der Waals surface area (Å²) in [5.74, 6) is 1.11. The Hall–Kier alpha value is -1.52. The minimum absolute atomic E-state index is 0.318. The zero-order valence-corrected chi connectivity index (χ0v) is 9.53. The van der Waals surface area contributed by atoms with Gasteiger partial charge in [0.05, 0.1) is 17.4 Å². The molecule has 0 fully saturated rings. The number of nitrogen functional groups attached to an aromatic ring is 1. The van der Waals surface area contributed by atoms with E-state index in [1.165, 1.54) is 12.4 Å². The standard InChI is InChI=1S/C10H7Cl2N3O/c11-6-1-2-8(7(12)3-6)16-10-5-14-9(13)4-15-10/h1-5H,(H2,13,14). The molecule has 16 heavy (non-hydrogen) atoms. The van der Waals surface area contributed by atoms with Gasteiger partial charge < -0.3 is 10.5 Å². The van der Waals surface area contributed by atoms with Crippen molar-refractivity contribution in [2.75, 3.05) is 5.73 Å². The van der Waals surface area contributed by atoms with Gasteiger partial charge in [-0.05, 0) is 18.2 Å². The first-order valence-corrected chi connectivity index (χ1v) is 5.11. The molecule has 2 rings (SSSR count). The van der Waals surface area contributed by atoms with Crippen LogP contribution in [0.3, 0.4) is 0 Å². The van der Waals surface area contributed by atoms with Crippen molar-refractivity contribution in [3.8, 4) is 11.6 Å². The summed E-state index contributed by atoms with van der Waals surface area (Å²) in [5, 5.41) is 0.951. The Bertz CT molecular complexity index is 502. The topological polar surface area (TPSA) is 61.0 Å². The van der Waals surface area contributed by atoms with Crippen LogP contribution in [0.4, 0.5) is 5.82 Å². The molecule has 0 aliphatic carbocycles. The molecule has 0 saturated heterocycles. The zero-order chi connectivity index (χ0) is 11.5. The first-order chi connectivity index (χ1) is 7.65. The number of aromatic nitrogens is 2. The van der Waals surface area contributed by atoms with E-state index < -0.39 is 0 Å². The van der Waals surface area contributed by atoms with Gasteiger partial charge in [-0.15, -0.1) is 0 Å². The Morgan fingerprint density at radius 2 is 1.94 bits per heavy atom. The lowest BCUT2D eigenvalue weighted by atomic mass is 10.3. The van der Waals surface area contributed by atoms with Crippen LogP contribution in [0.15, 0.2) is 30.6 Å². The molecule has 2 aromatic rings. The Morgan fingerprint density at radius 3 is 2.56 bits per heavy atom. The predicted octanol–water partition coefficient (Wildman–Crippen LogP) is 3.16. The molecule has 0 radical (unpaired) electrons. The number of anilines is 1. The average Bonchev–Trinajstić information content (AvgIpc) is 2.25. The lowest BCUT2D eigenvalue weighted by Gasteiger charge is -2.06. The summed E-state index contributed by atoms with van der Waals surface area (Å²) in [7, 11) is 0. The average molecular weight is 256 g/mol. The van der Waals surface area contributed by atoms with Crippen molar-refractivity contribution in [3.63, 3.8) is 0 Å². The van der Waals surface area contributed by atoms with E-state index in [1.807, 2.05) is 0 Å². The van der Waals surface area contributed by atoms with Crippen LogP contribution in [0.1, 0.15) is 0 Å². The van der Waals surface area contributed by atoms with Gasteiger partial charge in [-0.2, -0.15) is 0 Å². The van der Waals surface area contributed by atoms with Crippen LogP contribution in [0.25, 0.3) is 0 Å². The highest BCUT2D eigenvalue weighted by atomic mass is 35.5. The van der Waals surface area contributed by atoms with Crippen molar-refractivity contribution >= 4 is 29.0 Å². The summed E-state index contributed by atoms with van der Waals surface area (Å²) in [4.78, 5) is 7.78. The van der Waals surface area contributed by atoms with Crippen LogP contribution >= 0.6 is 23.2 Å². The summed E-state index contributed by atoms with van der Waals surface area (Å²) in [6.07, 6.45) is 2.82. The third-order valence-corrected chi connectivity index (χ3v) is 2.29. The molecule has 0 unspecified atom stereocenters. The van der Waals surface area contributed by atoms with Gasteiger partial charge in [0.1, 0.15) is 11.6 Å². The van der Waals surface area contributed by atoms with Crippen molar-refractivity contribution in [1.82, 2.24) is 9.97 Å². The van der Waals surface area contributed by atoms with Crippen LogP contribution in [0.5, 0.6) is 11.6 Å². The molecule has 4 nitrogen and oxygen atoms in total. The Kier molecular flexibility index (Phi) is 3.12. The van der Waals surface area contributed by atoms with E-state index in [1.54, 1.807) is 18.2 Å². The fourth-order valence-corrected chi connectivity index (χ4v) is 1.50. The highest BCUT2D eigenvalue weighted by Crippen LogP contribution is 2.30. The number of nitrogens with two attached hydrogens (primary N) is 1. The minimum atomic E-state index is 0.318. The molecule has 0 saturated carbocycles. The Morgan fingerprint density at radius 1 is 1.12 bits per heavy atom. The maximum absolute atomic E-state index is 5.93. The normalized spacial score (nSPS) is 10.1. The first-order valence-electron chi connectivity index (χ1n) is 4.35. The van der Waals surface area contributed by atoms with E-state index >= 15 is 0 Å². The largest absolute Gasteiger partial charge is 0.436 e. The van der Waals surface area contributed by atoms with Crippen molar-refractivity contribution in [2.24, 2.45) is 0 Å². The summed E-state index contributed by atoms with van der Waals surface area (Å²) < 4.78 is 5.40. The number of ether oxygens (including phenoxy) is 1. The summed E-state index contributed by atoms with van der Waals surface area (Å²) in [6, 6.07) is 4.92. The van der Waals surface area contributed by atoms with Gasteiger partial charge in [0.15, 0.2) is 0 Å². The van der Waals surface area contributed by atoms with Crippen molar-refractivity contribution < 1.29 is 4.74 Å². The monoisotopic (exact) mass is 255 g/mol. The number of halogens is 2. The van der Waals surface area contributed by atoms with Crippen LogP contribution < -0.4 is 10.5 Å². The Labute approximate surface area is 102 Å². The van der Waals surface area contributed by atoms with Crippen LogP contribution in [-0.4, -0.2) is 9.97 Å². The molecule has 1 aromatic heterocycles. The maximum Gasteiger partial charge on any atom is 0.238 e. The molecule has 0 aliphatic rings. The molecule has 6 heteroatoms. The van der Waals surface area contributed by atoms with Crippen molar-refractivity contribution in [3.05, 3.63) is 40.6 Å². The molecule has 0 bridgehead atoms. The second-order valence-corrected chi connectivity index (χ2v) is 3.80. The molecule has 1 heterocycles. The number of benzene rings is 1. The quantitative estimate of drug-likeness (QED) is 0.896. The Balaban J connectivity index is 2.23. The van der Waals surface area contributed by atoms with E-state index in [2.05, 4.69) is 9.97 Å². The minimum Gasteiger partial charge on any atom is -0.436 e. The van der Waals surface area contributed by atoms with Gasteiger partial charge in [0, 0.05) is 5.02 Å². The molecule has 0 atom stereocenters. The van der Waals surface area contributed by atoms with E-state index in [-0.39, 0.29) is 0 Å². The fourth-order valence-electron chi connectivity index (χ4n) is 1.05. The smallest absolute Gasteiger partial charge is 0.238 e. The molecule has 0 amide bonds. The van der Waals surface area contributed by atoms with Gasteiger partial charge >= 0.3 is 0 Å². The molecule has 0 spiro atoms. The summed E-state index contributed by atoms with van der Waals surface area (Å²) in [6.45, 7) is 0. The lowest BCUT2D eigenvalue weighted by Crippen LogP contribution is -1.93. The van der Waals surface area contributed by atoms with Gasteiger partial charge in [-0.1, -0.05) is 23.2 Å². The highest BCUT2D eigenvalue weighted by Gasteiger charge is 2.04. The fraction of sp³-hybridized carbons (Fsp3) is 0. The molecule has 1 aromatic carbocycles. The third-order valence-electron chi connectivity index (χ3n) is 1.76. The summed E-state index contributed by atoms with van der Waals surface area (Å²) in [5.41, 5.74) is 5.40. The summed E-state index contributed by atoms with van der Waals surface area (Å²) >= 11 is 11.7. The highest BCUT2D eigenvalue weighted by molar-refractivity contribution is 6.35. The van der Waals surface area contributed by atoms with Crippen molar-refractivity contribution in [2.45, 2.75) is 0 Å². The van der Waals surface area contributed by atoms with Gasteiger partial charge in [-0.3, -0.25) is 0 Å². The molecule has 82 valence electrons. The molecule has 0 aliphatic heterocycles. The van der Waals surface area contributed by atoms with E-state index in [4.69, 9.17) is 33.7 Å². The predicted molar refractivity (Wildman–Crippen MR) is 63.0 cm³/mol. The van der Waals surface area contributed by atoms with Crippen LogP contribution in [0.2, 0.25) is 10.0 Å². The molecular weight excluding hydrogens is 249 g/mol. The number of hydrogen-bond donors (Lipinski definition) is 1. The molecule has 2 N–H and O–H groups in total. The molecular formula is C10H7Cl2N3O. The van der Waals surface area contributed by atoms with Gasteiger partial charge in [0.25, 0.3) is 0 Å². The first kappa shape index (κ1) is 11.0. The van der Waals surface area contributed by atoms with Gasteiger partial charge in [-0.25, -0.2) is 9.97 Å². The SMILES string of the molecule is Nc1cnc(Oc2ccc(Cl)cc2Cl)cn1. The van der Waals surface area contributed by atoms with E-state index in [9.17, 15) is 0 Å².